The molecule has 8 nitrogen and oxygen atoms in total. The average Bonchev–Trinajstić information content (AvgIpc) is 2.73. The van der Waals surface area contributed by atoms with E-state index in [-0.39, 0.29) is 5.91 Å². The Morgan fingerprint density at radius 2 is 1.89 bits per heavy atom. The molecule has 27 heavy (non-hydrogen) atoms. The normalized spacial score (nSPS) is 13.9. The second kappa shape index (κ2) is 8.39. The van der Waals surface area contributed by atoms with Crippen molar-refractivity contribution in [3.63, 3.8) is 0 Å². The summed E-state index contributed by atoms with van der Waals surface area (Å²) >= 11 is 0. The standard InChI is InChI=1S/C19H22N4O4/c1-26-15-3-4-18(27-2)16(12-15)21-14-5-6-20-17(11-14)19(25)23-9-7-22(13-24)8-10-23/h3-6,11-13H,7-10H2,1-2H3,(H,20,21). The Balaban J connectivity index is 1.76. The summed E-state index contributed by atoms with van der Waals surface area (Å²) in [5.74, 6) is 1.20. The van der Waals surface area contributed by atoms with E-state index in [2.05, 4.69) is 10.3 Å². The second-order valence-electron chi connectivity index (χ2n) is 6.05. The number of aromatic nitrogens is 1. The lowest BCUT2D eigenvalue weighted by Gasteiger charge is -2.32. The molecule has 0 spiro atoms. The number of hydrogen-bond donors (Lipinski definition) is 1. The summed E-state index contributed by atoms with van der Waals surface area (Å²) in [4.78, 5) is 31.1. The van der Waals surface area contributed by atoms with E-state index in [0.29, 0.717) is 49.1 Å². The molecule has 8 heteroatoms. The number of pyridine rings is 1. The number of ether oxygens (including phenoxy) is 2. The summed E-state index contributed by atoms with van der Waals surface area (Å²) in [5, 5.41) is 3.24. The van der Waals surface area contributed by atoms with Crippen LogP contribution in [-0.2, 0) is 4.79 Å². The van der Waals surface area contributed by atoms with Gasteiger partial charge in [-0.3, -0.25) is 14.6 Å². The van der Waals surface area contributed by atoms with E-state index in [1.807, 2.05) is 12.1 Å². The molecule has 0 unspecified atom stereocenters. The quantitative estimate of drug-likeness (QED) is 0.780. The van der Waals surface area contributed by atoms with Gasteiger partial charge in [0, 0.05) is 44.1 Å². The zero-order valence-corrected chi connectivity index (χ0v) is 15.3. The van der Waals surface area contributed by atoms with Crippen LogP contribution in [0.15, 0.2) is 36.5 Å². The topological polar surface area (TPSA) is 84.0 Å². The number of amides is 2. The number of piperazine rings is 1. The number of nitrogens with one attached hydrogen (secondary N) is 1. The smallest absolute Gasteiger partial charge is 0.272 e. The minimum Gasteiger partial charge on any atom is -0.497 e. The van der Waals surface area contributed by atoms with Gasteiger partial charge in [-0.05, 0) is 24.3 Å². The lowest BCUT2D eigenvalue weighted by molar-refractivity contribution is -0.119. The number of methoxy groups -OCH3 is 2. The number of carbonyl (C=O) groups excluding carboxylic acids is 2. The number of anilines is 2. The summed E-state index contributed by atoms with van der Waals surface area (Å²) in [6, 6.07) is 8.91. The Morgan fingerprint density at radius 1 is 1.11 bits per heavy atom. The first kappa shape index (κ1) is 18.5. The Labute approximate surface area is 157 Å². The number of carbonyl (C=O) groups is 2. The fraction of sp³-hybridized carbons (Fsp3) is 0.316. The number of hydrogen-bond acceptors (Lipinski definition) is 6. The first-order valence-electron chi connectivity index (χ1n) is 8.58. The molecule has 0 bridgehead atoms. The van der Waals surface area contributed by atoms with E-state index in [0.717, 1.165) is 12.1 Å². The van der Waals surface area contributed by atoms with Crippen LogP contribution in [0.25, 0.3) is 0 Å². The molecule has 1 saturated heterocycles. The fourth-order valence-corrected chi connectivity index (χ4v) is 2.88. The lowest BCUT2D eigenvalue weighted by Crippen LogP contribution is -2.48. The Kier molecular flexibility index (Phi) is 5.75. The van der Waals surface area contributed by atoms with Crippen LogP contribution in [-0.4, -0.2) is 67.5 Å². The summed E-state index contributed by atoms with van der Waals surface area (Å²) in [7, 11) is 3.19. The van der Waals surface area contributed by atoms with Crippen LogP contribution >= 0.6 is 0 Å². The molecule has 0 aliphatic carbocycles. The van der Waals surface area contributed by atoms with Gasteiger partial charge in [0.15, 0.2) is 0 Å². The van der Waals surface area contributed by atoms with Crippen LogP contribution in [0.3, 0.4) is 0 Å². The fourth-order valence-electron chi connectivity index (χ4n) is 2.88. The number of nitrogens with zero attached hydrogens (tertiary/aromatic N) is 3. The van der Waals surface area contributed by atoms with Crippen LogP contribution in [0.4, 0.5) is 11.4 Å². The number of benzene rings is 1. The van der Waals surface area contributed by atoms with Crippen LogP contribution in [0.1, 0.15) is 10.5 Å². The van der Waals surface area contributed by atoms with Gasteiger partial charge in [-0.1, -0.05) is 0 Å². The molecule has 0 saturated carbocycles. The second-order valence-corrected chi connectivity index (χ2v) is 6.05. The molecule has 1 N–H and O–H groups in total. The molecule has 0 atom stereocenters. The van der Waals surface area contributed by atoms with Crippen LogP contribution < -0.4 is 14.8 Å². The highest BCUT2D eigenvalue weighted by Crippen LogP contribution is 2.31. The third-order valence-corrected chi connectivity index (χ3v) is 4.42. The van der Waals surface area contributed by atoms with Gasteiger partial charge >= 0.3 is 0 Å². The van der Waals surface area contributed by atoms with Crippen molar-refractivity contribution in [2.24, 2.45) is 0 Å². The molecule has 1 fully saturated rings. The SMILES string of the molecule is COc1ccc(OC)c(Nc2ccnc(C(=O)N3CCN(C=O)CC3)c2)c1. The van der Waals surface area contributed by atoms with Gasteiger partial charge in [0.2, 0.25) is 6.41 Å². The molecule has 1 aromatic carbocycles. The van der Waals surface area contributed by atoms with Gasteiger partial charge in [0.1, 0.15) is 17.2 Å². The highest BCUT2D eigenvalue weighted by Gasteiger charge is 2.22. The predicted molar refractivity (Wildman–Crippen MR) is 101 cm³/mol. The van der Waals surface area contributed by atoms with E-state index < -0.39 is 0 Å². The molecule has 1 aliphatic rings. The van der Waals surface area contributed by atoms with Crippen LogP contribution in [0, 0.1) is 0 Å². The Morgan fingerprint density at radius 3 is 2.56 bits per heavy atom. The summed E-state index contributed by atoms with van der Waals surface area (Å²) in [5.41, 5.74) is 1.79. The van der Waals surface area contributed by atoms with Gasteiger partial charge in [-0.15, -0.1) is 0 Å². The van der Waals surface area contributed by atoms with Crippen molar-refractivity contribution in [3.05, 3.63) is 42.2 Å². The molecule has 0 radical (unpaired) electrons. The first-order valence-corrected chi connectivity index (χ1v) is 8.58. The average molecular weight is 370 g/mol. The molecule has 2 aromatic rings. The van der Waals surface area contributed by atoms with E-state index in [1.165, 1.54) is 0 Å². The molecule has 1 aliphatic heterocycles. The highest BCUT2D eigenvalue weighted by atomic mass is 16.5. The van der Waals surface area contributed by atoms with Gasteiger partial charge in [-0.2, -0.15) is 0 Å². The zero-order valence-electron chi connectivity index (χ0n) is 15.3. The van der Waals surface area contributed by atoms with Crippen molar-refractivity contribution in [2.75, 3.05) is 45.7 Å². The van der Waals surface area contributed by atoms with Crippen molar-refractivity contribution in [2.45, 2.75) is 0 Å². The summed E-state index contributed by atoms with van der Waals surface area (Å²) in [6.45, 7) is 2.07. The molecule has 1 aromatic heterocycles. The summed E-state index contributed by atoms with van der Waals surface area (Å²) < 4.78 is 10.6. The van der Waals surface area contributed by atoms with Crippen molar-refractivity contribution in [1.82, 2.24) is 14.8 Å². The number of rotatable bonds is 6. The Bertz CT molecular complexity index is 819. The summed E-state index contributed by atoms with van der Waals surface area (Å²) in [6.07, 6.45) is 2.40. The predicted octanol–water partition coefficient (Wildman–Crippen LogP) is 1.76. The van der Waals surface area contributed by atoms with Gasteiger partial charge in [-0.25, -0.2) is 0 Å². The third kappa shape index (κ3) is 4.28. The molecule has 142 valence electrons. The van der Waals surface area contributed by atoms with Gasteiger partial charge in [0.25, 0.3) is 5.91 Å². The maximum atomic E-state index is 12.7. The molecular weight excluding hydrogens is 348 g/mol. The third-order valence-electron chi connectivity index (χ3n) is 4.42. The monoisotopic (exact) mass is 370 g/mol. The molecule has 3 rings (SSSR count). The largest absolute Gasteiger partial charge is 0.497 e. The van der Waals surface area contributed by atoms with E-state index >= 15 is 0 Å². The zero-order chi connectivity index (χ0) is 19.2. The first-order chi connectivity index (χ1) is 13.1. The van der Waals surface area contributed by atoms with Crippen LogP contribution in [0.2, 0.25) is 0 Å². The molecular formula is C19H22N4O4. The van der Waals surface area contributed by atoms with Crippen LogP contribution in [0.5, 0.6) is 11.5 Å². The van der Waals surface area contributed by atoms with E-state index in [1.54, 1.807) is 48.4 Å². The van der Waals surface area contributed by atoms with Gasteiger partial charge in [0.05, 0.1) is 19.9 Å². The lowest BCUT2D eigenvalue weighted by atomic mass is 10.2. The minimum atomic E-state index is -0.151. The maximum Gasteiger partial charge on any atom is 0.272 e. The van der Waals surface area contributed by atoms with E-state index in [4.69, 9.17) is 9.47 Å². The maximum absolute atomic E-state index is 12.7. The van der Waals surface area contributed by atoms with Crippen molar-refractivity contribution < 1.29 is 19.1 Å². The highest BCUT2D eigenvalue weighted by molar-refractivity contribution is 5.93. The van der Waals surface area contributed by atoms with Crippen molar-refractivity contribution in [3.8, 4) is 11.5 Å². The van der Waals surface area contributed by atoms with E-state index in [9.17, 15) is 9.59 Å². The van der Waals surface area contributed by atoms with Gasteiger partial charge < -0.3 is 24.6 Å². The Hall–Kier alpha value is -3.29. The molecule has 2 heterocycles. The van der Waals surface area contributed by atoms with Crippen molar-refractivity contribution in [1.29, 1.82) is 0 Å². The van der Waals surface area contributed by atoms with Crippen molar-refractivity contribution >= 4 is 23.7 Å². The minimum absolute atomic E-state index is 0.151. The molecule has 2 amide bonds.